The third kappa shape index (κ3) is 3.88. The molecule has 0 spiro atoms. The van der Waals surface area contributed by atoms with Gasteiger partial charge >= 0.3 is 0 Å². The van der Waals surface area contributed by atoms with Crippen molar-refractivity contribution in [3.63, 3.8) is 0 Å². The predicted molar refractivity (Wildman–Crippen MR) is 89.1 cm³/mol. The Bertz CT molecular complexity index is 647. The Kier molecular flexibility index (Phi) is 5.73. The summed E-state index contributed by atoms with van der Waals surface area (Å²) in [5, 5.41) is 0. The molecule has 2 atom stereocenters. The molecule has 0 amide bonds. The zero-order valence-electron chi connectivity index (χ0n) is 13.4. The highest BCUT2D eigenvalue weighted by atomic mass is 79.9. The maximum Gasteiger partial charge on any atom is 0.209 e. The standard InChI is InChI=1S/C16H19BrF2N2O2/c1-8(2)14-16(23-4)20-13(15(21-14)22-3)6-9-5-12(19)10(17)7-11(9)18/h5,7-8,13-14H,6H2,1-4H3. The van der Waals surface area contributed by atoms with Gasteiger partial charge in [-0.05, 0) is 39.5 Å². The highest BCUT2D eigenvalue weighted by Gasteiger charge is 2.31. The van der Waals surface area contributed by atoms with Crippen molar-refractivity contribution >= 4 is 27.7 Å². The zero-order chi connectivity index (χ0) is 17.1. The molecule has 1 aliphatic heterocycles. The number of hydrogen-bond donors (Lipinski definition) is 0. The maximum atomic E-state index is 14.0. The van der Waals surface area contributed by atoms with Gasteiger partial charge in [0.25, 0.3) is 0 Å². The molecule has 2 unspecified atom stereocenters. The van der Waals surface area contributed by atoms with Crippen molar-refractivity contribution in [3.8, 4) is 0 Å². The molecule has 0 radical (unpaired) electrons. The van der Waals surface area contributed by atoms with Crippen molar-refractivity contribution in [2.75, 3.05) is 14.2 Å². The van der Waals surface area contributed by atoms with Crippen LogP contribution in [-0.2, 0) is 15.9 Å². The summed E-state index contributed by atoms with van der Waals surface area (Å²) < 4.78 is 38.4. The van der Waals surface area contributed by atoms with Gasteiger partial charge in [-0.3, -0.25) is 0 Å². The summed E-state index contributed by atoms with van der Waals surface area (Å²) in [5.41, 5.74) is 0.211. The predicted octanol–water partition coefficient (Wildman–Crippen LogP) is 3.77. The lowest BCUT2D eigenvalue weighted by molar-refractivity contribution is 0.332. The number of methoxy groups -OCH3 is 2. The van der Waals surface area contributed by atoms with Gasteiger partial charge in [-0.1, -0.05) is 13.8 Å². The van der Waals surface area contributed by atoms with Crippen LogP contribution in [-0.4, -0.2) is 38.1 Å². The normalized spacial score (nSPS) is 21.0. The maximum absolute atomic E-state index is 14.0. The lowest BCUT2D eigenvalue weighted by Crippen LogP contribution is -2.38. The molecule has 1 aromatic rings. The van der Waals surface area contributed by atoms with E-state index < -0.39 is 17.7 Å². The number of halogens is 3. The van der Waals surface area contributed by atoms with E-state index in [1.807, 2.05) is 13.8 Å². The van der Waals surface area contributed by atoms with Crippen molar-refractivity contribution in [1.29, 1.82) is 0 Å². The third-order valence-corrected chi connectivity index (χ3v) is 4.25. The highest BCUT2D eigenvalue weighted by Crippen LogP contribution is 2.24. The number of benzene rings is 1. The highest BCUT2D eigenvalue weighted by molar-refractivity contribution is 9.10. The molecule has 126 valence electrons. The first-order valence-corrected chi connectivity index (χ1v) is 8.03. The topological polar surface area (TPSA) is 43.2 Å². The van der Waals surface area contributed by atoms with Gasteiger partial charge in [0.15, 0.2) is 0 Å². The van der Waals surface area contributed by atoms with E-state index in [1.165, 1.54) is 14.2 Å². The fraction of sp³-hybridized carbons (Fsp3) is 0.500. The quantitative estimate of drug-likeness (QED) is 0.739. The molecule has 2 rings (SSSR count). The van der Waals surface area contributed by atoms with E-state index >= 15 is 0 Å². The molecule has 0 N–H and O–H groups in total. The first kappa shape index (κ1) is 17.8. The number of aliphatic imine (C=N–C) groups is 2. The SMILES string of the molecule is COC1=NC(C(C)C)C(OC)=NC1Cc1cc(F)c(Br)cc1F. The first-order valence-electron chi connectivity index (χ1n) is 7.24. The second-order valence-corrected chi connectivity index (χ2v) is 6.46. The second-order valence-electron chi connectivity index (χ2n) is 5.61. The fourth-order valence-corrected chi connectivity index (χ4v) is 2.74. The van der Waals surface area contributed by atoms with Crippen LogP contribution in [0.2, 0.25) is 0 Å². The van der Waals surface area contributed by atoms with Gasteiger partial charge in [0.05, 0.1) is 18.7 Å². The van der Waals surface area contributed by atoms with Crippen LogP contribution in [0.5, 0.6) is 0 Å². The van der Waals surface area contributed by atoms with Gasteiger partial charge in [-0.25, -0.2) is 18.8 Å². The van der Waals surface area contributed by atoms with E-state index in [-0.39, 0.29) is 28.4 Å². The molecule has 23 heavy (non-hydrogen) atoms. The van der Waals surface area contributed by atoms with E-state index in [9.17, 15) is 8.78 Å². The van der Waals surface area contributed by atoms with Gasteiger partial charge in [0.2, 0.25) is 11.8 Å². The summed E-state index contributed by atoms with van der Waals surface area (Å²) in [5.74, 6) is 0.0238. The lowest BCUT2D eigenvalue weighted by Gasteiger charge is -2.27. The van der Waals surface area contributed by atoms with E-state index in [1.54, 1.807) is 0 Å². The summed E-state index contributed by atoms with van der Waals surface area (Å²) in [4.78, 5) is 8.99. The van der Waals surface area contributed by atoms with Crippen LogP contribution in [0.15, 0.2) is 26.6 Å². The van der Waals surface area contributed by atoms with Gasteiger partial charge in [0, 0.05) is 6.42 Å². The molecule has 0 aromatic heterocycles. The van der Waals surface area contributed by atoms with Crippen molar-refractivity contribution in [2.45, 2.75) is 32.4 Å². The van der Waals surface area contributed by atoms with Crippen molar-refractivity contribution in [3.05, 3.63) is 33.8 Å². The van der Waals surface area contributed by atoms with Crippen molar-refractivity contribution in [2.24, 2.45) is 15.9 Å². The van der Waals surface area contributed by atoms with Crippen LogP contribution in [0.4, 0.5) is 8.78 Å². The van der Waals surface area contributed by atoms with E-state index in [4.69, 9.17) is 9.47 Å². The van der Waals surface area contributed by atoms with E-state index in [0.717, 1.165) is 12.1 Å². The summed E-state index contributed by atoms with van der Waals surface area (Å²) in [7, 11) is 3.02. The van der Waals surface area contributed by atoms with Crippen molar-refractivity contribution < 1.29 is 18.3 Å². The van der Waals surface area contributed by atoms with Crippen LogP contribution in [0.1, 0.15) is 19.4 Å². The molecule has 0 saturated carbocycles. The Hall–Kier alpha value is -1.50. The molecule has 7 heteroatoms. The molecule has 0 saturated heterocycles. The van der Waals surface area contributed by atoms with Crippen molar-refractivity contribution in [1.82, 2.24) is 0 Å². The minimum atomic E-state index is -0.542. The molecule has 1 aromatic carbocycles. The number of rotatable bonds is 3. The van der Waals surface area contributed by atoms with Crippen LogP contribution in [0.3, 0.4) is 0 Å². The first-order chi connectivity index (χ1) is 10.9. The van der Waals surface area contributed by atoms with Gasteiger partial charge in [0.1, 0.15) is 23.7 Å². The Morgan fingerprint density at radius 3 is 2.30 bits per heavy atom. The largest absolute Gasteiger partial charge is 0.483 e. The van der Waals surface area contributed by atoms with E-state index in [2.05, 4.69) is 25.9 Å². The zero-order valence-corrected chi connectivity index (χ0v) is 15.0. The number of ether oxygens (including phenoxy) is 2. The summed E-state index contributed by atoms with van der Waals surface area (Å²) in [6.07, 6.45) is 0.139. The van der Waals surface area contributed by atoms with Gasteiger partial charge < -0.3 is 9.47 Å². The monoisotopic (exact) mass is 388 g/mol. The summed E-state index contributed by atoms with van der Waals surface area (Å²) in [6.45, 7) is 4.00. The number of nitrogens with zero attached hydrogens (tertiary/aromatic N) is 2. The molecule has 4 nitrogen and oxygen atoms in total. The molecule has 1 heterocycles. The molecule has 0 aliphatic carbocycles. The van der Waals surface area contributed by atoms with E-state index in [0.29, 0.717) is 11.8 Å². The average Bonchev–Trinajstić information content (AvgIpc) is 2.51. The van der Waals surface area contributed by atoms with Crippen LogP contribution >= 0.6 is 15.9 Å². The van der Waals surface area contributed by atoms with Gasteiger partial charge in [-0.15, -0.1) is 0 Å². The minimum absolute atomic E-state index is 0.0870. The molecular formula is C16H19BrF2N2O2. The lowest BCUT2D eigenvalue weighted by atomic mass is 10.00. The number of hydrogen-bond acceptors (Lipinski definition) is 4. The van der Waals surface area contributed by atoms with Crippen LogP contribution in [0, 0.1) is 17.6 Å². The Morgan fingerprint density at radius 1 is 1.09 bits per heavy atom. The second kappa shape index (κ2) is 7.38. The Morgan fingerprint density at radius 2 is 1.74 bits per heavy atom. The van der Waals surface area contributed by atoms with Crippen LogP contribution in [0.25, 0.3) is 0 Å². The average molecular weight is 389 g/mol. The molecule has 1 aliphatic rings. The fourth-order valence-electron chi connectivity index (χ4n) is 2.42. The molecular weight excluding hydrogens is 370 g/mol. The molecule has 0 fully saturated rings. The smallest absolute Gasteiger partial charge is 0.209 e. The van der Waals surface area contributed by atoms with Gasteiger partial charge in [-0.2, -0.15) is 0 Å². The minimum Gasteiger partial charge on any atom is -0.483 e. The summed E-state index contributed by atoms with van der Waals surface area (Å²) >= 11 is 2.96. The Labute approximate surface area is 142 Å². The van der Waals surface area contributed by atoms with Crippen LogP contribution < -0.4 is 0 Å². The Balaban J connectivity index is 2.33. The summed E-state index contributed by atoms with van der Waals surface area (Å²) in [6, 6.07) is 1.48. The molecule has 0 bridgehead atoms. The third-order valence-electron chi connectivity index (χ3n) is 3.64.